The van der Waals surface area contributed by atoms with E-state index in [9.17, 15) is 13.2 Å². The van der Waals surface area contributed by atoms with Crippen molar-refractivity contribution in [2.75, 3.05) is 19.7 Å². The van der Waals surface area contributed by atoms with Crippen molar-refractivity contribution in [3.63, 3.8) is 0 Å². The Morgan fingerprint density at radius 3 is 2.45 bits per heavy atom. The van der Waals surface area contributed by atoms with Crippen LogP contribution in [0.25, 0.3) is 11.0 Å². The Balaban J connectivity index is 1.15. The largest absolute Gasteiger partial charge is 0.493 e. The first-order valence-corrected chi connectivity index (χ1v) is 11.0. The van der Waals surface area contributed by atoms with Crippen LogP contribution in [-0.2, 0) is 19.5 Å². The minimum absolute atomic E-state index is 0.204. The average Bonchev–Trinajstić information content (AvgIpc) is 3.07. The topological polar surface area (TPSA) is 30.3 Å². The van der Waals surface area contributed by atoms with Crippen molar-refractivity contribution in [3.8, 4) is 5.75 Å². The Bertz CT molecular complexity index is 1070. The summed E-state index contributed by atoms with van der Waals surface area (Å²) in [7, 11) is 0. The Kier molecular flexibility index (Phi) is 5.61. The fourth-order valence-electron chi connectivity index (χ4n) is 4.93. The molecule has 31 heavy (non-hydrogen) atoms. The van der Waals surface area contributed by atoms with E-state index >= 15 is 0 Å². The highest BCUT2D eigenvalue weighted by Gasteiger charge is 2.24. The summed E-state index contributed by atoms with van der Waals surface area (Å²) in [5, 5.41) is 0. The normalized spacial score (nSPS) is 17.4. The highest BCUT2D eigenvalue weighted by atomic mass is 19.1. The van der Waals surface area contributed by atoms with Crippen LogP contribution in [-0.4, -0.2) is 34.1 Å². The summed E-state index contributed by atoms with van der Waals surface area (Å²) in [5.74, 6) is 0.355. The number of aromatic nitrogens is 2. The SMILES string of the molecule is Fc1cc(F)cc(OCCC2CCN(Cc3nc4cc(F)cc5c4n3CCC5)CC2)c1. The van der Waals surface area contributed by atoms with Crippen LogP contribution in [0.4, 0.5) is 13.2 Å². The Morgan fingerprint density at radius 1 is 0.935 bits per heavy atom. The van der Waals surface area contributed by atoms with Gasteiger partial charge in [-0.1, -0.05) is 0 Å². The molecule has 7 heteroatoms. The van der Waals surface area contributed by atoms with E-state index in [-0.39, 0.29) is 11.6 Å². The summed E-state index contributed by atoms with van der Waals surface area (Å²) in [6, 6.07) is 6.46. The van der Waals surface area contributed by atoms with E-state index in [1.165, 1.54) is 12.1 Å². The molecule has 2 aliphatic heterocycles. The van der Waals surface area contributed by atoms with Crippen LogP contribution < -0.4 is 4.74 Å². The van der Waals surface area contributed by atoms with Crippen LogP contribution in [0.5, 0.6) is 5.75 Å². The summed E-state index contributed by atoms with van der Waals surface area (Å²) < 4.78 is 48.2. The molecule has 4 nitrogen and oxygen atoms in total. The third-order valence-corrected chi connectivity index (χ3v) is 6.50. The molecular weight excluding hydrogens is 403 g/mol. The molecule has 1 saturated heterocycles. The molecule has 0 atom stereocenters. The maximum absolute atomic E-state index is 13.9. The first-order chi connectivity index (χ1) is 15.0. The Hall–Kier alpha value is -2.54. The van der Waals surface area contributed by atoms with Gasteiger partial charge in [0.2, 0.25) is 0 Å². The quantitative estimate of drug-likeness (QED) is 0.547. The monoisotopic (exact) mass is 429 g/mol. The molecule has 1 fully saturated rings. The van der Waals surface area contributed by atoms with Crippen LogP contribution in [0.15, 0.2) is 30.3 Å². The van der Waals surface area contributed by atoms with Gasteiger partial charge in [0.05, 0.1) is 24.2 Å². The highest BCUT2D eigenvalue weighted by molar-refractivity contribution is 5.80. The second-order valence-corrected chi connectivity index (χ2v) is 8.68. The number of rotatable bonds is 6. The predicted molar refractivity (Wildman–Crippen MR) is 112 cm³/mol. The molecule has 1 aromatic heterocycles. The van der Waals surface area contributed by atoms with Crippen molar-refractivity contribution in [1.29, 1.82) is 0 Å². The molecule has 0 bridgehead atoms. The lowest BCUT2D eigenvalue weighted by Gasteiger charge is -2.32. The van der Waals surface area contributed by atoms with Crippen molar-refractivity contribution >= 4 is 11.0 Å². The van der Waals surface area contributed by atoms with Gasteiger partial charge in [-0.15, -0.1) is 0 Å². The van der Waals surface area contributed by atoms with E-state index < -0.39 is 11.6 Å². The second-order valence-electron chi connectivity index (χ2n) is 8.68. The van der Waals surface area contributed by atoms with Crippen molar-refractivity contribution in [2.45, 2.75) is 45.2 Å². The second kappa shape index (κ2) is 8.54. The van der Waals surface area contributed by atoms with Gasteiger partial charge in [0.15, 0.2) is 0 Å². The van der Waals surface area contributed by atoms with Crippen LogP contribution in [0.2, 0.25) is 0 Å². The Labute approximate surface area is 179 Å². The first-order valence-electron chi connectivity index (χ1n) is 11.0. The molecule has 0 spiro atoms. The van der Waals surface area contributed by atoms with Gasteiger partial charge in [-0.25, -0.2) is 18.2 Å². The lowest BCUT2D eigenvalue weighted by molar-refractivity contribution is 0.153. The standard InChI is InChI=1S/C24H26F3N3O/c25-18-10-17-2-1-6-30-23(28-22(14-18)24(17)30)15-29-7-3-16(4-8-29)5-9-31-21-12-19(26)11-20(27)13-21/h10-14,16H,1-9,15H2. The zero-order valence-corrected chi connectivity index (χ0v) is 17.4. The summed E-state index contributed by atoms with van der Waals surface area (Å²) in [6.07, 6.45) is 4.91. The maximum Gasteiger partial charge on any atom is 0.129 e. The molecule has 3 heterocycles. The minimum atomic E-state index is -0.621. The van der Waals surface area contributed by atoms with E-state index in [0.717, 1.165) is 86.8 Å². The number of ether oxygens (including phenoxy) is 1. The fourth-order valence-corrected chi connectivity index (χ4v) is 4.93. The van der Waals surface area contributed by atoms with Gasteiger partial charge in [0, 0.05) is 30.8 Å². The molecule has 0 N–H and O–H groups in total. The van der Waals surface area contributed by atoms with Gasteiger partial charge in [0.1, 0.15) is 29.0 Å². The van der Waals surface area contributed by atoms with Crippen LogP contribution >= 0.6 is 0 Å². The number of imidazole rings is 1. The molecule has 0 unspecified atom stereocenters. The van der Waals surface area contributed by atoms with Crippen LogP contribution in [0.1, 0.15) is 37.1 Å². The molecule has 2 aromatic carbocycles. The third kappa shape index (κ3) is 4.42. The summed E-state index contributed by atoms with van der Waals surface area (Å²) in [6.45, 7) is 4.13. The molecule has 3 aromatic rings. The van der Waals surface area contributed by atoms with Gasteiger partial charge >= 0.3 is 0 Å². The van der Waals surface area contributed by atoms with Crippen LogP contribution in [0, 0.1) is 23.4 Å². The molecule has 0 amide bonds. The van der Waals surface area contributed by atoms with Gasteiger partial charge in [-0.2, -0.15) is 0 Å². The molecule has 2 aliphatic rings. The van der Waals surface area contributed by atoms with E-state index in [2.05, 4.69) is 9.47 Å². The maximum atomic E-state index is 13.9. The number of hydrogen-bond acceptors (Lipinski definition) is 3. The minimum Gasteiger partial charge on any atom is -0.493 e. The zero-order valence-electron chi connectivity index (χ0n) is 17.4. The summed E-state index contributed by atoms with van der Waals surface area (Å²) in [5.41, 5.74) is 2.94. The molecule has 0 saturated carbocycles. The number of benzene rings is 2. The Morgan fingerprint density at radius 2 is 1.68 bits per heavy atom. The molecular formula is C24H26F3N3O. The zero-order chi connectivity index (χ0) is 21.4. The predicted octanol–water partition coefficient (Wildman–Crippen LogP) is 5.08. The van der Waals surface area contributed by atoms with E-state index in [0.29, 0.717) is 12.5 Å². The fraction of sp³-hybridized carbons (Fsp3) is 0.458. The molecule has 164 valence electrons. The average molecular weight is 429 g/mol. The van der Waals surface area contributed by atoms with Gasteiger partial charge < -0.3 is 9.30 Å². The van der Waals surface area contributed by atoms with Crippen molar-refractivity contribution in [2.24, 2.45) is 5.92 Å². The van der Waals surface area contributed by atoms with Gasteiger partial charge in [-0.3, -0.25) is 4.90 Å². The highest BCUT2D eigenvalue weighted by Crippen LogP contribution is 2.29. The lowest BCUT2D eigenvalue weighted by atomic mass is 9.94. The van der Waals surface area contributed by atoms with Crippen molar-refractivity contribution in [3.05, 3.63) is 59.2 Å². The van der Waals surface area contributed by atoms with Crippen LogP contribution in [0.3, 0.4) is 0 Å². The molecule has 0 radical (unpaired) electrons. The number of nitrogens with zero attached hydrogens (tertiary/aromatic N) is 3. The number of piperidine rings is 1. The number of halogens is 3. The number of likely N-dealkylation sites (tertiary alicyclic amines) is 1. The smallest absolute Gasteiger partial charge is 0.129 e. The number of aryl methyl sites for hydroxylation is 2. The first kappa shape index (κ1) is 20.4. The van der Waals surface area contributed by atoms with E-state index in [1.807, 2.05) is 0 Å². The van der Waals surface area contributed by atoms with Gasteiger partial charge in [-0.05, 0) is 62.7 Å². The molecule has 5 rings (SSSR count). The lowest BCUT2D eigenvalue weighted by Crippen LogP contribution is -2.34. The van der Waals surface area contributed by atoms with E-state index in [1.54, 1.807) is 12.1 Å². The van der Waals surface area contributed by atoms with Gasteiger partial charge in [0.25, 0.3) is 0 Å². The van der Waals surface area contributed by atoms with Crippen molar-refractivity contribution < 1.29 is 17.9 Å². The van der Waals surface area contributed by atoms with Crippen molar-refractivity contribution in [1.82, 2.24) is 14.5 Å². The number of hydrogen-bond donors (Lipinski definition) is 0. The molecule has 0 aliphatic carbocycles. The summed E-state index contributed by atoms with van der Waals surface area (Å²) in [4.78, 5) is 7.17. The van der Waals surface area contributed by atoms with E-state index in [4.69, 9.17) is 9.72 Å². The third-order valence-electron chi connectivity index (χ3n) is 6.50. The summed E-state index contributed by atoms with van der Waals surface area (Å²) >= 11 is 0.